The van der Waals surface area contributed by atoms with Gasteiger partial charge in [0.15, 0.2) is 5.96 Å². The van der Waals surface area contributed by atoms with Crippen LogP contribution < -0.4 is 5.73 Å². The Labute approximate surface area is 105 Å². The van der Waals surface area contributed by atoms with Gasteiger partial charge in [0.05, 0.1) is 31.4 Å². The van der Waals surface area contributed by atoms with Gasteiger partial charge in [-0.2, -0.15) is 0 Å². The molecule has 0 aromatic rings. The summed E-state index contributed by atoms with van der Waals surface area (Å²) in [6.07, 6.45) is -1.63. The number of amides is 1. The second-order valence-electron chi connectivity index (χ2n) is 4.49. The molecule has 0 aliphatic carbocycles. The number of hydrogen-bond acceptors (Lipinski definition) is 5. The number of hydrogen-bond donors (Lipinski definition) is 5. The fourth-order valence-electron chi connectivity index (χ4n) is 1.97. The zero-order valence-electron chi connectivity index (χ0n) is 10.3. The van der Waals surface area contributed by atoms with Crippen molar-refractivity contribution in [2.45, 2.75) is 24.7 Å². The fraction of sp³-hybridized carbons (Fsp3) is 0.800. The van der Waals surface area contributed by atoms with Crippen LogP contribution in [0.2, 0.25) is 0 Å². The SMILES string of the molecule is CN(CC(=O)N1C[C@H](O)C[C@@H](O)C1CO)C(=N)N. The Morgan fingerprint density at radius 1 is 1.56 bits per heavy atom. The van der Waals surface area contributed by atoms with E-state index in [-0.39, 0.29) is 32.1 Å². The number of likely N-dealkylation sites (tertiary alicyclic amines) is 1. The first kappa shape index (κ1) is 14.7. The van der Waals surface area contributed by atoms with Crippen molar-refractivity contribution in [3.05, 3.63) is 0 Å². The largest absolute Gasteiger partial charge is 0.394 e. The van der Waals surface area contributed by atoms with Crippen LogP contribution in [0.25, 0.3) is 0 Å². The van der Waals surface area contributed by atoms with Crippen molar-refractivity contribution in [2.75, 3.05) is 26.7 Å². The molecule has 8 heteroatoms. The van der Waals surface area contributed by atoms with Crippen LogP contribution in [0.4, 0.5) is 0 Å². The van der Waals surface area contributed by atoms with Gasteiger partial charge in [-0.1, -0.05) is 0 Å². The third-order valence-corrected chi connectivity index (χ3v) is 3.06. The topological polar surface area (TPSA) is 134 Å². The number of likely N-dealkylation sites (N-methyl/N-ethyl adjacent to an activating group) is 1. The number of aliphatic hydroxyl groups excluding tert-OH is 3. The highest BCUT2D eigenvalue weighted by atomic mass is 16.3. The third-order valence-electron chi connectivity index (χ3n) is 3.06. The number of piperidine rings is 1. The quantitative estimate of drug-likeness (QED) is 0.273. The van der Waals surface area contributed by atoms with Crippen molar-refractivity contribution >= 4 is 11.9 Å². The van der Waals surface area contributed by atoms with Crippen LogP contribution in [-0.2, 0) is 4.79 Å². The van der Waals surface area contributed by atoms with Crippen molar-refractivity contribution in [3.8, 4) is 0 Å². The normalized spacial score (nSPS) is 28.0. The average Bonchev–Trinajstić information content (AvgIpc) is 2.27. The number of rotatable bonds is 3. The molecule has 1 amide bonds. The van der Waals surface area contributed by atoms with Gasteiger partial charge in [0.2, 0.25) is 5.91 Å². The highest BCUT2D eigenvalue weighted by molar-refractivity contribution is 5.84. The van der Waals surface area contributed by atoms with E-state index in [9.17, 15) is 20.1 Å². The Balaban J connectivity index is 2.71. The van der Waals surface area contributed by atoms with Crippen LogP contribution in [-0.4, -0.2) is 82.0 Å². The summed E-state index contributed by atoms with van der Waals surface area (Å²) < 4.78 is 0. The number of guanidine groups is 1. The van der Waals surface area contributed by atoms with Gasteiger partial charge in [0, 0.05) is 20.0 Å². The van der Waals surface area contributed by atoms with Crippen LogP contribution in [0.1, 0.15) is 6.42 Å². The summed E-state index contributed by atoms with van der Waals surface area (Å²) in [7, 11) is 1.49. The Hall–Kier alpha value is -1.38. The Morgan fingerprint density at radius 2 is 2.17 bits per heavy atom. The second-order valence-corrected chi connectivity index (χ2v) is 4.49. The van der Waals surface area contributed by atoms with Crippen LogP contribution >= 0.6 is 0 Å². The van der Waals surface area contributed by atoms with Crippen LogP contribution in [0.3, 0.4) is 0 Å². The summed E-state index contributed by atoms with van der Waals surface area (Å²) in [5.74, 6) is -0.647. The summed E-state index contributed by atoms with van der Waals surface area (Å²) in [5.41, 5.74) is 5.23. The highest BCUT2D eigenvalue weighted by Crippen LogP contribution is 2.18. The van der Waals surface area contributed by atoms with E-state index in [0.717, 1.165) is 0 Å². The predicted molar refractivity (Wildman–Crippen MR) is 63.8 cm³/mol. The molecular formula is C10H20N4O4. The molecule has 0 spiro atoms. The fourth-order valence-corrected chi connectivity index (χ4v) is 1.97. The lowest BCUT2D eigenvalue weighted by atomic mass is 9.97. The van der Waals surface area contributed by atoms with Crippen molar-refractivity contribution in [1.29, 1.82) is 5.41 Å². The molecule has 8 nitrogen and oxygen atoms in total. The van der Waals surface area contributed by atoms with E-state index in [1.165, 1.54) is 16.8 Å². The van der Waals surface area contributed by atoms with E-state index in [1.807, 2.05) is 0 Å². The molecule has 6 N–H and O–H groups in total. The van der Waals surface area contributed by atoms with Gasteiger partial charge in [-0.25, -0.2) is 0 Å². The van der Waals surface area contributed by atoms with Crippen LogP contribution in [0.15, 0.2) is 0 Å². The lowest BCUT2D eigenvalue weighted by molar-refractivity contribution is -0.146. The van der Waals surface area contributed by atoms with Crippen molar-refractivity contribution in [1.82, 2.24) is 9.80 Å². The number of carbonyl (C=O) groups is 1. The number of carbonyl (C=O) groups excluding carboxylic acids is 1. The number of nitrogens with two attached hydrogens (primary N) is 1. The predicted octanol–water partition coefficient (Wildman–Crippen LogP) is -2.87. The Bertz CT molecular complexity index is 325. The molecule has 1 aliphatic heterocycles. The lowest BCUT2D eigenvalue weighted by Gasteiger charge is -2.40. The van der Waals surface area contributed by atoms with Gasteiger partial charge in [-0.3, -0.25) is 10.2 Å². The van der Waals surface area contributed by atoms with Gasteiger partial charge in [-0.15, -0.1) is 0 Å². The van der Waals surface area contributed by atoms with E-state index in [4.69, 9.17) is 11.1 Å². The lowest BCUT2D eigenvalue weighted by Crippen LogP contribution is -2.59. The van der Waals surface area contributed by atoms with Crippen molar-refractivity contribution in [2.24, 2.45) is 5.73 Å². The van der Waals surface area contributed by atoms with Gasteiger partial charge >= 0.3 is 0 Å². The number of β-amino-alcohol motifs (C(OH)–C–C–N with tert-alkyl or cyclic N) is 1. The highest BCUT2D eigenvalue weighted by Gasteiger charge is 2.36. The maximum Gasteiger partial charge on any atom is 0.242 e. The Morgan fingerprint density at radius 3 is 2.67 bits per heavy atom. The zero-order valence-corrected chi connectivity index (χ0v) is 10.3. The smallest absolute Gasteiger partial charge is 0.242 e. The van der Waals surface area contributed by atoms with Gasteiger partial charge in [-0.05, 0) is 0 Å². The first-order valence-corrected chi connectivity index (χ1v) is 5.68. The minimum absolute atomic E-state index is 0.0624. The van der Waals surface area contributed by atoms with Gasteiger partial charge < -0.3 is 30.9 Å². The molecule has 18 heavy (non-hydrogen) atoms. The number of nitrogens with zero attached hydrogens (tertiary/aromatic N) is 2. The first-order valence-electron chi connectivity index (χ1n) is 5.68. The van der Waals surface area contributed by atoms with E-state index in [2.05, 4.69) is 0 Å². The standard InChI is InChI=1S/C10H20N4O4/c1-13(10(11)12)4-9(18)14-3-6(16)2-8(17)7(14)5-15/h6-8,15-17H,2-5H2,1H3,(H3,11,12)/t6-,7?,8-/m1/s1. The molecule has 1 rings (SSSR count). The van der Waals surface area contributed by atoms with E-state index in [0.29, 0.717) is 0 Å². The van der Waals surface area contributed by atoms with E-state index < -0.39 is 24.2 Å². The summed E-state index contributed by atoms with van der Waals surface area (Å²) in [5, 5.41) is 35.6. The maximum atomic E-state index is 12.0. The minimum atomic E-state index is -0.953. The maximum absolute atomic E-state index is 12.0. The van der Waals surface area contributed by atoms with Crippen LogP contribution in [0.5, 0.6) is 0 Å². The van der Waals surface area contributed by atoms with E-state index in [1.54, 1.807) is 0 Å². The summed E-state index contributed by atoms with van der Waals surface area (Å²) in [6, 6.07) is -0.721. The third kappa shape index (κ3) is 3.31. The van der Waals surface area contributed by atoms with Gasteiger partial charge in [0.25, 0.3) is 0 Å². The van der Waals surface area contributed by atoms with Crippen LogP contribution in [0, 0.1) is 5.41 Å². The molecule has 0 aromatic carbocycles. The molecule has 1 fully saturated rings. The average molecular weight is 260 g/mol. The summed E-state index contributed by atoms with van der Waals surface area (Å²) in [6.45, 7) is -0.443. The molecule has 1 unspecified atom stereocenters. The molecule has 0 saturated carbocycles. The molecule has 1 saturated heterocycles. The molecule has 0 aromatic heterocycles. The van der Waals surface area contributed by atoms with Gasteiger partial charge in [0.1, 0.15) is 0 Å². The van der Waals surface area contributed by atoms with Crippen molar-refractivity contribution < 1.29 is 20.1 Å². The molecule has 1 aliphatic rings. The number of aliphatic hydroxyl groups is 3. The van der Waals surface area contributed by atoms with E-state index >= 15 is 0 Å². The number of nitrogens with one attached hydrogen (secondary N) is 1. The molecule has 0 bridgehead atoms. The Kier molecular flexibility index (Phi) is 4.88. The molecular weight excluding hydrogens is 240 g/mol. The second kappa shape index (κ2) is 5.98. The molecule has 3 atom stereocenters. The van der Waals surface area contributed by atoms with Crippen molar-refractivity contribution in [3.63, 3.8) is 0 Å². The summed E-state index contributed by atoms with van der Waals surface area (Å²) in [4.78, 5) is 14.4. The zero-order chi connectivity index (χ0) is 13.9. The molecule has 104 valence electrons. The molecule has 0 radical (unpaired) electrons. The monoisotopic (exact) mass is 260 g/mol. The summed E-state index contributed by atoms with van der Waals surface area (Å²) >= 11 is 0. The minimum Gasteiger partial charge on any atom is -0.394 e. The molecule has 1 heterocycles. The first-order chi connectivity index (χ1) is 8.36.